The maximum atomic E-state index is 16.1. The summed E-state index contributed by atoms with van der Waals surface area (Å²) in [6.07, 6.45) is 5.70. The van der Waals surface area contributed by atoms with Crippen LogP contribution in [-0.4, -0.2) is 56.5 Å². The Kier molecular flexibility index (Phi) is 7.41. The molecule has 13 heteroatoms. The molecule has 44 heavy (non-hydrogen) atoms. The molecule has 1 amide bonds. The lowest BCUT2D eigenvalue weighted by Gasteiger charge is -2.09. The van der Waals surface area contributed by atoms with Gasteiger partial charge in [0.2, 0.25) is 5.91 Å². The number of aromatic amines is 2. The van der Waals surface area contributed by atoms with Gasteiger partial charge in [0.25, 0.3) is 0 Å². The quantitative estimate of drug-likeness (QED) is 0.199. The molecule has 2 aromatic carbocycles. The van der Waals surface area contributed by atoms with Crippen LogP contribution in [0.2, 0.25) is 0 Å². The minimum atomic E-state index is -3.23. The van der Waals surface area contributed by atoms with Crippen LogP contribution >= 0.6 is 0 Å². The maximum absolute atomic E-state index is 16.1. The average molecular weight is 616 g/mol. The summed E-state index contributed by atoms with van der Waals surface area (Å²) in [5, 5.41) is 10.0. The number of fused-ring (bicyclic) bond motifs is 2. The first-order valence-electron chi connectivity index (χ1n) is 13.7. The molecule has 0 spiro atoms. The molecule has 224 valence electrons. The third-order valence-electron chi connectivity index (χ3n) is 7.12. The van der Waals surface area contributed by atoms with E-state index in [1.165, 1.54) is 30.7 Å². The summed E-state index contributed by atoms with van der Waals surface area (Å²) in [5.41, 5.74) is 4.16. The summed E-state index contributed by atoms with van der Waals surface area (Å²) in [6, 6.07) is 11.4. The van der Waals surface area contributed by atoms with Gasteiger partial charge in [-0.1, -0.05) is 32.0 Å². The molecule has 0 unspecified atom stereocenters. The van der Waals surface area contributed by atoms with Gasteiger partial charge < -0.3 is 10.3 Å². The van der Waals surface area contributed by atoms with Crippen molar-refractivity contribution >= 4 is 43.4 Å². The molecule has 0 saturated heterocycles. The van der Waals surface area contributed by atoms with Crippen LogP contribution in [0.3, 0.4) is 0 Å². The summed E-state index contributed by atoms with van der Waals surface area (Å²) >= 11 is 0. The molecule has 10 nitrogen and oxygen atoms in total. The first-order valence-corrected chi connectivity index (χ1v) is 15.8. The van der Waals surface area contributed by atoms with Gasteiger partial charge in [0, 0.05) is 29.5 Å². The van der Waals surface area contributed by atoms with E-state index < -0.39 is 21.5 Å². The third kappa shape index (κ3) is 5.78. The smallest absolute Gasteiger partial charge is 0.226 e. The molecule has 4 aromatic heterocycles. The number of rotatable bonds is 8. The standard InChI is InChI=1S/C31H27F2N7O3S/c1-16(2)31(41)36-21-12-19(13-34-14-21)27-26(33)25-24(15-35-27)39-40-29(25)30-37-23-6-4-5-22(28(23)38-30)18-9-17(10-20(32)11-18)7-8-44(3,42)43/h4-6,9-16H,7-8H2,1-3H3,(H,36,41)(H,37,38)(H,39,40). The largest absolute Gasteiger partial charge is 0.337 e. The molecule has 0 atom stereocenters. The van der Waals surface area contributed by atoms with Gasteiger partial charge in [-0.2, -0.15) is 5.10 Å². The lowest BCUT2D eigenvalue weighted by atomic mass is 10.0. The van der Waals surface area contributed by atoms with Crippen molar-refractivity contribution in [1.82, 2.24) is 30.1 Å². The van der Waals surface area contributed by atoms with Crippen LogP contribution in [0, 0.1) is 17.6 Å². The average Bonchev–Trinajstić information content (AvgIpc) is 3.60. The second-order valence-electron chi connectivity index (χ2n) is 10.9. The van der Waals surface area contributed by atoms with Crippen LogP contribution in [0.4, 0.5) is 14.5 Å². The fraction of sp³-hybridized carbons (Fsp3) is 0.194. The van der Waals surface area contributed by atoms with Crippen LogP contribution < -0.4 is 5.32 Å². The highest BCUT2D eigenvalue weighted by Gasteiger charge is 2.22. The maximum Gasteiger partial charge on any atom is 0.226 e. The summed E-state index contributed by atoms with van der Waals surface area (Å²) < 4.78 is 54.1. The van der Waals surface area contributed by atoms with Gasteiger partial charge >= 0.3 is 0 Å². The van der Waals surface area contributed by atoms with Gasteiger partial charge in [0.1, 0.15) is 27.0 Å². The Bertz CT molecular complexity index is 2170. The Hall–Kier alpha value is -5.04. The number of carbonyl (C=O) groups excluding carboxylic acids is 1. The second-order valence-corrected chi connectivity index (χ2v) is 13.2. The number of halogens is 2. The monoisotopic (exact) mass is 615 g/mol. The van der Waals surface area contributed by atoms with Gasteiger partial charge in [0.05, 0.1) is 45.8 Å². The molecule has 0 aliphatic heterocycles. The van der Waals surface area contributed by atoms with Crippen LogP contribution in [0.15, 0.2) is 61.1 Å². The number of H-pyrrole nitrogens is 2. The number of benzene rings is 2. The van der Waals surface area contributed by atoms with Crippen molar-refractivity contribution in [3.05, 3.63) is 78.3 Å². The second kappa shape index (κ2) is 11.2. The number of amides is 1. The number of nitrogens with one attached hydrogen (secondary N) is 3. The number of hydrogen-bond donors (Lipinski definition) is 3. The number of pyridine rings is 2. The zero-order chi connectivity index (χ0) is 31.2. The zero-order valence-corrected chi connectivity index (χ0v) is 24.8. The molecule has 0 fully saturated rings. The third-order valence-corrected chi connectivity index (χ3v) is 8.06. The molecular formula is C31H27F2N7O3S. The Labute approximate surface area is 250 Å². The van der Waals surface area contributed by atoms with Gasteiger partial charge in [-0.05, 0) is 41.8 Å². The van der Waals surface area contributed by atoms with Crippen molar-refractivity contribution in [2.45, 2.75) is 20.3 Å². The van der Waals surface area contributed by atoms with Gasteiger partial charge in [-0.15, -0.1) is 0 Å². The highest BCUT2D eigenvalue weighted by atomic mass is 32.2. The van der Waals surface area contributed by atoms with Crippen LogP contribution in [0.25, 0.3) is 55.8 Å². The molecule has 0 bridgehead atoms. The topological polar surface area (TPSA) is 146 Å². The van der Waals surface area contributed by atoms with Gasteiger partial charge in [0.15, 0.2) is 11.6 Å². The molecule has 3 N–H and O–H groups in total. The first-order chi connectivity index (χ1) is 21.0. The number of carbonyl (C=O) groups is 1. The summed E-state index contributed by atoms with van der Waals surface area (Å²) in [5.74, 6) is -1.42. The van der Waals surface area contributed by atoms with Crippen molar-refractivity contribution in [2.24, 2.45) is 5.92 Å². The lowest BCUT2D eigenvalue weighted by Crippen LogP contribution is -2.17. The summed E-state index contributed by atoms with van der Waals surface area (Å²) in [6.45, 7) is 3.53. The Morgan fingerprint density at radius 2 is 1.82 bits per heavy atom. The predicted octanol–water partition coefficient (Wildman–Crippen LogP) is 5.69. The molecule has 6 aromatic rings. The van der Waals surface area contributed by atoms with Crippen LogP contribution in [0.5, 0.6) is 0 Å². The minimum absolute atomic E-state index is 0.0199. The molecule has 0 saturated carbocycles. The Balaban J connectivity index is 1.41. The van der Waals surface area contributed by atoms with Crippen molar-refractivity contribution in [3.8, 4) is 33.9 Å². The van der Waals surface area contributed by atoms with E-state index in [-0.39, 0.29) is 46.6 Å². The minimum Gasteiger partial charge on any atom is -0.337 e. The number of imidazole rings is 1. The van der Waals surface area contributed by atoms with Crippen molar-refractivity contribution < 1.29 is 22.0 Å². The van der Waals surface area contributed by atoms with E-state index in [0.717, 1.165) is 6.26 Å². The van der Waals surface area contributed by atoms with E-state index in [0.29, 0.717) is 44.5 Å². The van der Waals surface area contributed by atoms with Crippen molar-refractivity contribution in [2.75, 3.05) is 17.3 Å². The zero-order valence-electron chi connectivity index (χ0n) is 23.9. The lowest BCUT2D eigenvalue weighted by molar-refractivity contribution is -0.118. The number of hydrogen-bond acceptors (Lipinski definition) is 7. The van der Waals surface area contributed by atoms with Crippen molar-refractivity contribution in [1.29, 1.82) is 0 Å². The first kappa shape index (κ1) is 29.1. The van der Waals surface area contributed by atoms with Crippen LogP contribution in [0.1, 0.15) is 19.4 Å². The fourth-order valence-electron chi connectivity index (χ4n) is 4.90. The molecule has 0 radical (unpaired) electrons. The van der Waals surface area contributed by atoms with Gasteiger partial charge in [-0.3, -0.25) is 19.9 Å². The van der Waals surface area contributed by atoms with Crippen molar-refractivity contribution in [3.63, 3.8) is 0 Å². The van der Waals surface area contributed by atoms with E-state index in [1.54, 1.807) is 44.2 Å². The molecular weight excluding hydrogens is 588 g/mol. The fourth-order valence-corrected chi connectivity index (χ4v) is 5.51. The SMILES string of the molecule is CC(C)C(=O)Nc1cncc(-c2ncc3[nH]nc(-c4nc5c(-c6cc(F)cc(CCS(C)(=O)=O)c6)cccc5[nH]4)c3c2F)c1. The summed E-state index contributed by atoms with van der Waals surface area (Å²) in [7, 11) is -3.23. The summed E-state index contributed by atoms with van der Waals surface area (Å²) in [4.78, 5) is 28.5. The number of anilines is 1. The van der Waals surface area contributed by atoms with Gasteiger partial charge in [-0.25, -0.2) is 22.2 Å². The number of aryl methyl sites for hydroxylation is 1. The number of sulfone groups is 1. The number of nitrogens with zero attached hydrogens (tertiary/aromatic N) is 4. The molecule has 0 aliphatic rings. The highest BCUT2D eigenvalue weighted by molar-refractivity contribution is 7.90. The van der Waals surface area contributed by atoms with E-state index in [2.05, 4.69) is 30.5 Å². The highest BCUT2D eigenvalue weighted by Crippen LogP contribution is 2.35. The Morgan fingerprint density at radius 1 is 1.00 bits per heavy atom. The molecule has 4 heterocycles. The normalized spacial score (nSPS) is 12.0. The number of aromatic nitrogens is 6. The van der Waals surface area contributed by atoms with E-state index in [9.17, 15) is 17.6 Å². The van der Waals surface area contributed by atoms with Crippen LogP contribution in [-0.2, 0) is 21.1 Å². The van der Waals surface area contributed by atoms with E-state index >= 15 is 4.39 Å². The van der Waals surface area contributed by atoms with E-state index in [1.807, 2.05) is 0 Å². The molecule has 0 aliphatic carbocycles. The molecule has 6 rings (SSSR count). The Morgan fingerprint density at radius 3 is 2.59 bits per heavy atom. The van der Waals surface area contributed by atoms with E-state index in [4.69, 9.17) is 4.98 Å². The number of para-hydroxylation sites is 1. The predicted molar refractivity (Wildman–Crippen MR) is 164 cm³/mol.